The number of alkyl halides is 3. The van der Waals surface area contributed by atoms with Gasteiger partial charge in [0.2, 0.25) is 0 Å². The molecule has 1 aromatic carbocycles. The van der Waals surface area contributed by atoms with Gasteiger partial charge < -0.3 is 2.85 Å². The van der Waals surface area contributed by atoms with Crippen LogP contribution in [0.2, 0.25) is 0 Å². The Labute approximate surface area is 98.0 Å². The first-order valence-corrected chi connectivity index (χ1v) is 2.73. The molecule has 0 N–H and O–H groups in total. The third kappa shape index (κ3) is 4.32. The van der Waals surface area contributed by atoms with Crippen LogP contribution in [0, 0.1) is 0 Å². The van der Waals surface area contributed by atoms with Crippen LogP contribution in [0.5, 0.6) is 0 Å². The van der Waals surface area contributed by atoms with Crippen LogP contribution in [0.25, 0.3) is 0 Å². The van der Waals surface area contributed by atoms with Crippen LogP contribution < -0.4 is 0 Å². The summed E-state index contributed by atoms with van der Waals surface area (Å²) in [6.45, 7) is 0. The second-order valence-electron chi connectivity index (χ2n) is 1.86. The summed E-state index contributed by atoms with van der Waals surface area (Å²) < 4.78 is 35.4. The first kappa shape index (κ1) is 14.8. The molecular formula is C7H8BrF3Mg. The van der Waals surface area contributed by atoms with Gasteiger partial charge in [-0.15, -0.1) is 17.0 Å². The Bertz CT molecular complexity index is 218. The Balaban J connectivity index is -0.000000125. The summed E-state index contributed by atoms with van der Waals surface area (Å²) in [5.41, 5.74) is -0.602. The second-order valence-corrected chi connectivity index (χ2v) is 1.86. The van der Waals surface area contributed by atoms with Crippen LogP contribution >= 0.6 is 17.0 Å². The first-order chi connectivity index (χ1) is 4.61. The van der Waals surface area contributed by atoms with Crippen molar-refractivity contribution in [3.05, 3.63) is 35.9 Å². The van der Waals surface area contributed by atoms with Crippen molar-refractivity contribution < 1.29 is 16.0 Å². The molecule has 5 heteroatoms. The summed E-state index contributed by atoms with van der Waals surface area (Å²) in [5, 5.41) is 0. The number of benzene rings is 1. The monoisotopic (exact) mass is 252 g/mol. The van der Waals surface area contributed by atoms with Crippen LogP contribution in [-0.2, 0) is 6.18 Å². The van der Waals surface area contributed by atoms with E-state index in [-0.39, 0.29) is 42.9 Å². The Kier molecular flexibility index (Phi) is 7.17. The topological polar surface area (TPSA) is 0 Å². The van der Waals surface area contributed by atoms with Gasteiger partial charge in [0.15, 0.2) is 0 Å². The molecule has 0 saturated carbocycles. The van der Waals surface area contributed by atoms with E-state index in [1.165, 1.54) is 12.1 Å². The molecular weight excluding hydrogens is 245 g/mol. The molecule has 1 aromatic rings. The summed E-state index contributed by atoms with van der Waals surface area (Å²) in [5.74, 6) is 0. The molecule has 0 aliphatic rings. The summed E-state index contributed by atoms with van der Waals surface area (Å²) >= 11 is 0. The molecule has 0 bridgehead atoms. The maximum Gasteiger partial charge on any atom is 2.00 e. The molecule has 0 nitrogen and oxygen atoms in total. The Morgan fingerprint density at radius 1 is 1.00 bits per heavy atom. The van der Waals surface area contributed by atoms with Crippen molar-refractivity contribution in [3.8, 4) is 0 Å². The van der Waals surface area contributed by atoms with Crippen LogP contribution in [0.15, 0.2) is 30.3 Å². The van der Waals surface area contributed by atoms with Gasteiger partial charge in [-0.05, 0) is 0 Å². The van der Waals surface area contributed by atoms with Crippen molar-refractivity contribution in [2.75, 3.05) is 0 Å². The molecule has 0 amide bonds. The largest absolute Gasteiger partial charge is 2.00 e. The predicted octanol–water partition coefficient (Wildman–Crippen LogP) is 3.13. The molecule has 0 fully saturated rings. The van der Waals surface area contributed by atoms with Crippen LogP contribution in [0.1, 0.15) is 8.42 Å². The van der Waals surface area contributed by atoms with Gasteiger partial charge in [0, 0.05) is 0 Å². The number of hydrogen-bond donors (Lipinski definition) is 0. The van der Waals surface area contributed by atoms with Crippen molar-refractivity contribution >= 4 is 40.0 Å². The fourth-order valence-corrected chi connectivity index (χ4v) is 0.627. The SMILES string of the molecule is Br.FC(F)(F)c1ccccc1.[H-].[H-].[Mg+2]. The van der Waals surface area contributed by atoms with E-state index >= 15 is 0 Å². The Hall–Kier alpha value is 0.256. The van der Waals surface area contributed by atoms with Crippen LogP contribution in [-0.4, -0.2) is 23.1 Å². The fraction of sp³-hybridized carbons (Fsp3) is 0.143. The van der Waals surface area contributed by atoms with Crippen molar-refractivity contribution in [3.63, 3.8) is 0 Å². The van der Waals surface area contributed by atoms with Gasteiger partial charge in [0.25, 0.3) is 0 Å². The van der Waals surface area contributed by atoms with E-state index in [9.17, 15) is 13.2 Å². The first-order valence-electron chi connectivity index (χ1n) is 2.73. The third-order valence-electron chi connectivity index (χ3n) is 1.10. The molecule has 0 unspecified atom stereocenters. The molecule has 0 aliphatic carbocycles. The Morgan fingerprint density at radius 2 is 1.42 bits per heavy atom. The molecule has 0 radical (unpaired) electrons. The van der Waals surface area contributed by atoms with E-state index in [1.54, 1.807) is 6.07 Å². The van der Waals surface area contributed by atoms with E-state index in [0.29, 0.717) is 0 Å². The normalized spacial score (nSPS) is 9.58. The van der Waals surface area contributed by atoms with Gasteiger partial charge in [-0.1, -0.05) is 30.3 Å². The maximum atomic E-state index is 11.8. The van der Waals surface area contributed by atoms with Gasteiger partial charge in [0.05, 0.1) is 5.56 Å². The molecule has 0 atom stereocenters. The van der Waals surface area contributed by atoms with Gasteiger partial charge in [-0.2, -0.15) is 13.2 Å². The summed E-state index contributed by atoms with van der Waals surface area (Å²) in [7, 11) is 0. The van der Waals surface area contributed by atoms with Gasteiger partial charge in [-0.25, -0.2) is 0 Å². The van der Waals surface area contributed by atoms with Crippen LogP contribution in [0.4, 0.5) is 13.2 Å². The third-order valence-corrected chi connectivity index (χ3v) is 1.10. The summed E-state index contributed by atoms with van der Waals surface area (Å²) in [4.78, 5) is 0. The molecule has 0 aliphatic heterocycles. The fourth-order valence-electron chi connectivity index (χ4n) is 0.627. The molecule has 12 heavy (non-hydrogen) atoms. The van der Waals surface area contributed by atoms with Crippen molar-refractivity contribution in [1.29, 1.82) is 0 Å². The molecule has 0 spiro atoms. The zero-order valence-electron chi connectivity index (χ0n) is 8.14. The molecule has 0 aromatic heterocycles. The molecule has 66 valence electrons. The zero-order valence-corrected chi connectivity index (χ0v) is 9.26. The van der Waals surface area contributed by atoms with Crippen molar-refractivity contribution in [1.82, 2.24) is 0 Å². The Morgan fingerprint density at radius 3 is 1.67 bits per heavy atom. The zero-order chi connectivity index (χ0) is 7.61. The average molecular weight is 253 g/mol. The number of halogens is 4. The van der Waals surface area contributed by atoms with Gasteiger partial charge >= 0.3 is 29.2 Å². The van der Waals surface area contributed by atoms with Crippen molar-refractivity contribution in [2.24, 2.45) is 0 Å². The minimum Gasteiger partial charge on any atom is -1.00 e. The standard InChI is InChI=1S/C7H5F3.BrH.Mg.2H/c8-7(9,10)6-4-2-1-3-5-6;;;;/h1-5H;1H;;;/q;;+2;2*-1. The van der Waals surface area contributed by atoms with E-state index in [4.69, 9.17) is 0 Å². The number of rotatable bonds is 0. The molecule has 1 rings (SSSR count). The van der Waals surface area contributed by atoms with Gasteiger partial charge in [-0.3, -0.25) is 0 Å². The predicted molar refractivity (Wildman–Crippen MR) is 49.7 cm³/mol. The molecule has 0 heterocycles. The smallest absolute Gasteiger partial charge is 1.00 e. The second kappa shape index (κ2) is 5.83. The van der Waals surface area contributed by atoms with E-state index in [1.807, 2.05) is 0 Å². The summed E-state index contributed by atoms with van der Waals surface area (Å²) in [6, 6.07) is 6.36. The minimum absolute atomic E-state index is 0. The van der Waals surface area contributed by atoms with E-state index in [2.05, 4.69) is 0 Å². The summed E-state index contributed by atoms with van der Waals surface area (Å²) in [6.07, 6.45) is -4.21. The average Bonchev–Trinajstić information content (AvgIpc) is 1.88. The quantitative estimate of drug-likeness (QED) is 0.623. The van der Waals surface area contributed by atoms with E-state index in [0.717, 1.165) is 12.1 Å². The molecule has 0 saturated heterocycles. The van der Waals surface area contributed by atoms with Crippen LogP contribution in [0.3, 0.4) is 0 Å². The minimum atomic E-state index is -4.21. The van der Waals surface area contributed by atoms with E-state index < -0.39 is 11.7 Å². The number of hydrogen-bond acceptors (Lipinski definition) is 0. The van der Waals surface area contributed by atoms with Gasteiger partial charge in [0.1, 0.15) is 0 Å². The van der Waals surface area contributed by atoms with Crippen molar-refractivity contribution in [2.45, 2.75) is 6.18 Å². The maximum absolute atomic E-state index is 11.8.